The van der Waals surface area contributed by atoms with Crippen LogP contribution in [0, 0.1) is 13.8 Å². The maximum atomic E-state index is 15.6. The quantitative estimate of drug-likeness (QED) is 0.279. The predicted molar refractivity (Wildman–Crippen MR) is 132 cm³/mol. The Kier molecular flexibility index (Phi) is 9.08. The van der Waals surface area contributed by atoms with E-state index in [1.165, 1.54) is 11.1 Å². The minimum absolute atomic E-state index is 0.128. The van der Waals surface area contributed by atoms with Gasteiger partial charge in [-0.05, 0) is 94.6 Å². The van der Waals surface area contributed by atoms with E-state index in [2.05, 4.69) is 24.0 Å². The summed E-state index contributed by atoms with van der Waals surface area (Å²) in [5.41, 5.74) is 13.2. The summed E-state index contributed by atoms with van der Waals surface area (Å²) in [5.74, 6) is -0.394. The number of aliphatic hydroxyl groups is 1. The van der Waals surface area contributed by atoms with Gasteiger partial charge in [0.1, 0.15) is 5.82 Å². The van der Waals surface area contributed by atoms with Crippen LogP contribution in [0.5, 0.6) is 0 Å². The second-order valence-corrected chi connectivity index (χ2v) is 9.38. The summed E-state index contributed by atoms with van der Waals surface area (Å²) in [6.45, 7) is 15.0. The lowest BCUT2D eigenvalue weighted by Gasteiger charge is -2.29. The molecule has 32 heavy (non-hydrogen) atoms. The van der Waals surface area contributed by atoms with Crippen molar-refractivity contribution in [2.45, 2.75) is 72.3 Å². The highest BCUT2D eigenvalue weighted by Crippen LogP contribution is 2.27. The number of aryl methyl sites for hydroxylation is 2. The minimum Gasteiger partial charge on any atom is -0.390 e. The van der Waals surface area contributed by atoms with Crippen molar-refractivity contribution < 1.29 is 9.50 Å². The SMILES string of the molecule is C=C(CCC(C)(C)O)/C(C)=C(N/N=C/c1ccc(C)c(C)c1)\C(F)=C(/N)N1CCCCC1. The normalized spacial score (nSPS) is 16.7. The second kappa shape index (κ2) is 11.3. The van der Waals surface area contributed by atoms with Crippen molar-refractivity contribution in [2.24, 2.45) is 10.8 Å². The molecular weight excluding hydrogens is 403 g/mol. The number of hydrogen-bond acceptors (Lipinski definition) is 5. The zero-order valence-electron chi connectivity index (χ0n) is 20.3. The standard InChI is InChI=1S/C26H39FN4O/c1-18-10-11-22(16-20(18)3)17-29-30-24(21(4)19(2)12-13-26(5,6)32)23(27)25(28)31-14-8-7-9-15-31/h10-11,16-17,30,32H,2,7-9,12-15,28H2,1,3-6H3/b24-21+,25-23-,29-17+. The number of benzene rings is 1. The van der Waals surface area contributed by atoms with Crippen LogP contribution in [0.2, 0.25) is 0 Å². The number of halogens is 1. The van der Waals surface area contributed by atoms with Crippen LogP contribution in [0.4, 0.5) is 4.39 Å². The van der Waals surface area contributed by atoms with Crippen LogP contribution < -0.4 is 11.2 Å². The molecule has 0 atom stereocenters. The van der Waals surface area contributed by atoms with Crippen molar-refractivity contribution in [3.8, 4) is 0 Å². The average Bonchev–Trinajstić information content (AvgIpc) is 2.76. The van der Waals surface area contributed by atoms with E-state index < -0.39 is 11.4 Å². The van der Waals surface area contributed by atoms with E-state index in [9.17, 15) is 5.11 Å². The van der Waals surface area contributed by atoms with Crippen LogP contribution >= 0.6 is 0 Å². The molecule has 0 radical (unpaired) electrons. The Morgan fingerprint density at radius 2 is 1.91 bits per heavy atom. The van der Waals surface area contributed by atoms with Gasteiger partial charge in [-0.15, -0.1) is 0 Å². The number of allylic oxidation sites excluding steroid dienone is 3. The van der Waals surface area contributed by atoms with E-state index in [1.807, 2.05) is 36.9 Å². The lowest BCUT2D eigenvalue weighted by atomic mass is 9.95. The Morgan fingerprint density at radius 1 is 1.25 bits per heavy atom. The van der Waals surface area contributed by atoms with Gasteiger partial charge >= 0.3 is 0 Å². The van der Waals surface area contributed by atoms with E-state index in [0.29, 0.717) is 18.4 Å². The molecular formula is C26H39FN4O. The summed E-state index contributed by atoms with van der Waals surface area (Å²) in [4.78, 5) is 1.89. The maximum Gasteiger partial charge on any atom is 0.188 e. The molecule has 0 saturated carbocycles. The third-order valence-electron chi connectivity index (χ3n) is 6.01. The Bertz CT molecular complexity index is 903. The van der Waals surface area contributed by atoms with Crippen molar-refractivity contribution in [3.05, 3.63) is 70.0 Å². The summed E-state index contributed by atoms with van der Waals surface area (Å²) in [5, 5.41) is 14.4. The van der Waals surface area contributed by atoms with E-state index >= 15 is 4.39 Å². The average molecular weight is 443 g/mol. The number of hydrogen-bond donors (Lipinski definition) is 3. The Labute approximate surface area is 192 Å². The van der Waals surface area contributed by atoms with Crippen LogP contribution in [0.15, 0.2) is 58.4 Å². The molecule has 0 aromatic heterocycles. The molecule has 0 bridgehead atoms. The van der Waals surface area contributed by atoms with E-state index in [4.69, 9.17) is 5.73 Å². The molecule has 1 heterocycles. The number of likely N-dealkylation sites (tertiary alicyclic amines) is 1. The monoisotopic (exact) mass is 442 g/mol. The molecule has 1 saturated heterocycles. The Morgan fingerprint density at radius 3 is 2.50 bits per heavy atom. The highest BCUT2D eigenvalue weighted by Gasteiger charge is 2.21. The Hall–Kier alpha value is -2.60. The molecule has 1 aliphatic heterocycles. The van der Waals surface area contributed by atoms with E-state index in [-0.39, 0.29) is 11.5 Å². The molecule has 0 aliphatic carbocycles. The minimum atomic E-state index is -0.820. The lowest BCUT2D eigenvalue weighted by molar-refractivity contribution is 0.0715. The summed E-state index contributed by atoms with van der Waals surface area (Å²) < 4.78 is 15.6. The molecule has 1 aromatic rings. The first-order valence-corrected chi connectivity index (χ1v) is 11.4. The van der Waals surface area contributed by atoms with Gasteiger partial charge in [0.05, 0.1) is 17.5 Å². The maximum absolute atomic E-state index is 15.6. The Balaban J connectivity index is 2.33. The second-order valence-electron chi connectivity index (χ2n) is 9.38. The van der Waals surface area contributed by atoms with Gasteiger partial charge in [0.15, 0.2) is 5.83 Å². The van der Waals surface area contributed by atoms with Crippen LogP contribution in [0.25, 0.3) is 0 Å². The van der Waals surface area contributed by atoms with Gasteiger partial charge in [0.25, 0.3) is 0 Å². The first-order valence-electron chi connectivity index (χ1n) is 11.4. The van der Waals surface area contributed by atoms with Gasteiger partial charge < -0.3 is 15.7 Å². The fourth-order valence-corrected chi connectivity index (χ4v) is 3.54. The van der Waals surface area contributed by atoms with Crippen molar-refractivity contribution in [1.82, 2.24) is 10.3 Å². The third-order valence-corrected chi connectivity index (χ3v) is 6.01. The van der Waals surface area contributed by atoms with Gasteiger partial charge in [0.2, 0.25) is 0 Å². The number of piperidine rings is 1. The molecule has 1 aliphatic rings. The van der Waals surface area contributed by atoms with Gasteiger partial charge in [-0.3, -0.25) is 5.43 Å². The lowest BCUT2D eigenvalue weighted by Crippen LogP contribution is -2.34. The summed E-state index contributed by atoms with van der Waals surface area (Å²) >= 11 is 0. The highest BCUT2D eigenvalue weighted by molar-refractivity contribution is 5.80. The van der Waals surface area contributed by atoms with Crippen LogP contribution in [0.1, 0.15) is 69.6 Å². The van der Waals surface area contributed by atoms with Crippen molar-refractivity contribution in [1.29, 1.82) is 0 Å². The molecule has 1 aromatic carbocycles. The molecule has 0 amide bonds. The molecule has 0 unspecified atom stereocenters. The number of nitrogens with zero attached hydrogens (tertiary/aromatic N) is 2. The molecule has 2 rings (SSSR count). The van der Waals surface area contributed by atoms with Crippen molar-refractivity contribution >= 4 is 6.21 Å². The number of hydrazone groups is 1. The molecule has 1 fully saturated rings. The topological polar surface area (TPSA) is 73.9 Å². The van der Waals surface area contributed by atoms with E-state index in [0.717, 1.165) is 43.5 Å². The predicted octanol–water partition coefficient (Wildman–Crippen LogP) is 5.19. The first kappa shape index (κ1) is 25.7. The fourth-order valence-electron chi connectivity index (χ4n) is 3.54. The summed E-state index contributed by atoms with van der Waals surface area (Å²) in [6, 6.07) is 6.04. The van der Waals surface area contributed by atoms with Crippen molar-refractivity contribution in [2.75, 3.05) is 13.1 Å². The number of nitrogens with one attached hydrogen (secondary N) is 1. The summed E-state index contributed by atoms with van der Waals surface area (Å²) in [7, 11) is 0. The molecule has 176 valence electrons. The van der Waals surface area contributed by atoms with Gasteiger partial charge in [0, 0.05) is 13.1 Å². The van der Waals surface area contributed by atoms with Crippen LogP contribution in [-0.4, -0.2) is 34.9 Å². The van der Waals surface area contributed by atoms with Crippen molar-refractivity contribution in [3.63, 3.8) is 0 Å². The van der Waals surface area contributed by atoms with Crippen LogP contribution in [0.3, 0.4) is 0 Å². The van der Waals surface area contributed by atoms with Gasteiger partial charge in [-0.2, -0.15) is 5.10 Å². The number of nitrogens with two attached hydrogens (primary N) is 1. The smallest absolute Gasteiger partial charge is 0.188 e. The largest absolute Gasteiger partial charge is 0.390 e. The zero-order valence-corrected chi connectivity index (χ0v) is 20.3. The van der Waals surface area contributed by atoms with E-state index in [1.54, 1.807) is 20.1 Å². The van der Waals surface area contributed by atoms with Gasteiger partial charge in [-0.25, -0.2) is 4.39 Å². The third kappa shape index (κ3) is 7.52. The summed E-state index contributed by atoms with van der Waals surface area (Å²) in [6.07, 6.45) is 5.88. The fraction of sp³-hybridized carbons (Fsp3) is 0.500. The van der Waals surface area contributed by atoms with Crippen LogP contribution in [-0.2, 0) is 0 Å². The molecule has 5 nitrogen and oxygen atoms in total. The highest BCUT2D eigenvalue weighted by atomic mass is 19.1. The molecule has 0 spiro atoms. The molecule has 6 heteroatoms. The van der Waals surface area contributed by atoms with Gasteiger partial charge in [-0.1, -0.05) is 24.8 Å². The molecule has 4 N–H and O–H groups in total. The zero-order chi connectivity index (χ0) is 23.9. The number of rotatable bonds is 9. The first-order chi connectivity index (χ1) is 15.0.